The molecular weight excluding hydrogens is 368 g/mol. The summed E-state index contributed by atoms with van der Waals surface area (Å²) in [5, 5.41) is 4.85. The summed E-state index contributed by atoms with van der Waals surface area (Å²) in [6, 6.07) is 11.0. The maximum atomic E-state index is 12.2. The van der Waals surface area contributed by atoms with Gasteiger partial charge in [0.25, 0.3) is 0 Å². The molecule has 27 heavy (non-hydrogen) atoms. The van der Waals surface area contributed by atoms with E-state index in [9.17, 15) is 18.0 Å². The van der Waals surface area contributed by atoms with Gasteiger partial charge in [-0.2, -0.15) is 0 Å². The van der Waals surface area contributed by atoms with E-state index in [0.29, 0.717) is 12.2 Å². The minimum atomic E-state index is -3.67. The number of anilines is 1. The number of carbonyl (C=O) groups is 2. The first kappa shape index (κ1) is 20.5. The molecule has 0 fully saturated rings. The Morgan fingerprint density at radius 2 is 1.89 bits per heavy atom. The average molecular weight is 390 g/mol. The molecule has 0 aliphatic carbocycles. The van der Waals surface area contributed by atoms with E-state index in [2.05, 4.69) is 20.3 Å². The van der Waals surface area contributed by atoms with Gasteiger partial charge >= 0.3 is 11.8 Å². The van der Waals surface area contributed by atoms with Crippen LogP contribution in [0, 0.1) is 0 Å². The van der Waals surface area contributed by atoms with Crippen LogP contribution in [0.2, 0.25) is 0 Å². The number of benzene rings is 1. The Morgan fingerprint density at radius 1 is 1.07 bits per heavy atom. The van der Waals surface area contributed by atoms with E-state index in [1.807, 2.05) is 6.92 Å². The lowest BCUT2D eigenvalue weighted by atomic mass is 10.3. The van der Waals surface area contributed by atoms with E-state index in [4.69, 9.17) is 0 Å². The maximum absolute atomic E-state index is 12.2. The van der Waals surface area contributed by atoms with Crippen molar-refractivity contribution >= 4 is 27.5 Å². The molecule has 0 aliphatic heterocycles. The highest BCUT2D eigenvalue weighted by Gasteiger charge is 2.17. The van der Waals surface area contributed by atoms with Crippen LogP contribution >= 0.6 is 0 Å². The number of rotatable bonds is 8. The van der Waals surface area contributed by atoms with Gasteiger partial charge in [0.05, 0.1) is 17.1 Å². The van der Waals surface area contributed by atoms with E-state index in [-0.39, 0.29) is 17.1 Å². The highest BCUT2D eigenvalue weighted by Crippen LogP contribution is 2.15. The summed E-state index contributed by atoms with van der Waals surface area (Å²) in [5.74, 6) is -1.73. The molecule has 2 rings (SSSR count). The standard InChI is InChI=1S/C18H22N4O4S/c1-2-3-11-21-27(25,26)16-9-6-8-14(12-16)22-18(24)17(23)20-13-15-7-4-5-10-19-15/h4-10,12,21H,2-3,11,13H2,1H3,(H,20,23)(H,22,24). The van der Waals surface area contributed by atoms with Crippen LogP contribution in [0.15, 0.2) is 53.6 Å². The summed E-state index contributed by atoms with van der Waals surface area (Å²) in [5.41, 5.74) is 0.830. The first-order valence-corrected chi connectivity index (χ1v) is 9.99. The second-order valence-electron chi connectivity index (χ2n) is 5.74. The molecule has 9 heteroatoms. The van der Waals surface area contributed by atoms with Crippen molar-refractivity contribution in [3.63, 3.8) is 0 Å². The molecule has 2 aromatic rings. The molecule has 0 atom stereocenters. The summed E-state index contributed by atoms with van der Waals surface area (Å²) < 4.78 is 26.9. The highest BCUT2D eigenvalue weighted by atomic mass is 32.2. The van der Waals surface area contributed by atoms with E-state index >= 15 is 0 Å². The van der Waals surface area contributed by atoms with Gasteiger partial charge in [-0.05, 0) is 36.8 Å². The van der Waals surface area contributed by atoms with Crippen molar-refractivity contribution in [3.8, 4) is 0 Å². The molecule has 8 nitrogen and oxygen atoms in total. The summed E-state index contributed by atoms with van der Waals surface area (Å²) in [6.07, 6.45) is 3.18. The number of aromatic nitrogens is 1. The molecular formula is C18H22N4O4S. The monoisotopic (exact) mass is 390 g/mol. The highest BCUT2D eigenvalue weighted by molar-refractivity contribution is 7.89. The zero-order valence-electron chi connectivity index (χ0n) is 14.9. The Hall–Kier alpha value is -2.78. The summed E-state index contributed by atoms with van der Waals surface area (Å²) in [6.45, 7) is 2.41. The van der Waals surface area contributed by atoms with Crippen LogP contribution in [0.3, 0.4) is 0 Å². The van der Waals surface area contributed by atoms with Crippen LogP contribution in [0.1, 0.15) is 25.5 Å². The third-order valence-electron chi connectivity index (χ3n) is 3.59. The Labute approximate surface area is 158 Å². The van der Waals surface area contributed by atoms with Crippen LogP contribution < -0.4 is 15.4 Å². The molecule has 0 saturated heterocycles. The van der Waals surface area contributed by atoms with E-state index in [0.717, 1.165) is 12.8 Å². The van der Waals surface area contributed by atoms with E-state index < -0.39 is 21.8 Å². The van der Waals surface area contributed by atoms with Gasteiger partial charge in [-0.15, -0.1) is 0 Å². The van der Waals surface area contributed by atoms with Crippen molar-refractivity contribution in [2.45, 2.75) is 31.2 Å². The fraction of sp³-hybridized carbons (Fsp3) is 0.278. The van der Waals surface area contributed by atoms with Crippen molar-refractivity contribution in [3.05, 3.63) is 54.4 Å². The van der Waals surface area contributed by atoms with Crippen LogP contribution in [0.4, 0.5) is 5.69 Å². The number of sulfonamides is 1. The van der Waals surface area contributed by atoms with Crippen molar-refractivity contribution in [2.24, 2.45) is 0 Å². The predicted molar refractivity (Wildman–Crippen MR) is 101 cm³/mol. The predicted octanol–water partition coefficient (Wildman–Crippen LogP) is 1.41. The second kappa shape index (κ2) is 9.79. The zero-order chi connectivity index (χ0) is 19.7. The van der Waals surface area contributed by atoms with E-state index in [1.165, 1.54) is 24.3 Å². The summed E-state index contributed by atoms with van der Waals surface area (Å²) in [7, 11) is -3.67. The largest absolute Gasteiger partial charge is 0.342 e. The van der Waals surface area contributed by atoms with Gasteiger partial charge in [-0.1, -0.05) is 25.5 Å². The normalized spacial score (nSPS) is 11.0. The number of unbranched alkanes of at least 4 members (excludes halogenated alkanes) is 1. The molecule has 0 unspecified atom stereocenters. The van der Waals surface area contributed by atoms with Gasteiger partial charge in [0, 0.05) is 18.4 Å². The summed E-state index contributed by atoms with van der Waals surface area (Å²) in [4.78, 5) is 28.0. The number of nitrogens with zero attached hydrogens (tertiary/aromatic N) is 1. The number of nitrogens with one attached hydrogen (secondary N) is 3. The third-order valence-corrected chi connectivity index (χ3v) is 5.05. The SMILES string of the molecule is CCCCNS(=O)(=O)c1cccc(NC(=O)C(=O)NCc2ccccn2)c1. The topological polar surface area (TPSA) is 117 Å². The lowest BCUT2D eigenvalue weighted by molar-refractivity contribution is -0.136. The Balaban J connectivity index is 1.96. The molecule has 1 aromatic heterocycles. The molecule has 144 valence electrons. The van der Waals surface area contributed by atoms with Gasteiger partial charge in [-0.25, -0.2) is 13.1 Å². The van der Waals surface area contributed by atoms with Crippen LogP contribution in [-0.4, -0.2) is 31.8 Å². The smallest absolute Gasteiger partial charge is 0.313 e. The molecule has 1 heterocycles. The second-order valence-corrected chi connectivity index (χ2v) is 7.50. The van der Waals surface area contributed by atoms with Gasteiger partial charge in [0.1, 0.15) is 0 Å². The van der Waals surface area contributed by atoms with Crippen molar-refractivity contribution < 1.29 is 18.0 Å². The Kier molecular flexibility index (Phi) is 7.44. The number of pyridine rings is 1. The minimum Gasteiger partial charge on any atom is -0.342 e. The lowest BCUT2D eigenvalue weighted by Gasteiger charge is -2.09. The van der Waals surface area contributed by atoms with Crippen LogP contribution in [0.25, 0.3) is 0 Å². The fourth-order valence-corrected chi connectivity index (χ4v) is 3.27. The number of hydrogen-bond acceptors (Lipinski definition) is 5. The molecule has 0 radical (unpaired) electrons. The van der Waals surface area contributed by atoms with Gasteiger partial charge < -0.3 is 10.6 Å². The van der Waals surface area contributed by atoms with Crippen molar-refractivity contribution in [2.75, 3.05) is 11.9 Å². The van der Waals surface area contributed by atoms with Gasteiger partial charge in [-0.3, -0.25) is 14.6 Å². The van der Waals surface area contributed by atoms with Crippen LogP contribution in [0.5, 0.6) is 0 Å². The summed E-state index contributed by atoms with van der Waals surface area (Å²) >= 11 is 0. The lowest BCUT2D eigenvalue weighted by Crippen LogP contribution is -2.35. The Bertz CT molecular complexity index is 885. The zero-order valence-corrected chi connectivity index (χ0v) is 15.8. The molecule has 1 aromatic carbocycles. The first-order chi connectivity index (χ1) is 12.9. The van der Waals surface area contributed by atoms with E-state index in [1.54, 1.807) is 24.4 Å². The van der Waals surface area contributed by atoms with Gasteiger partial charge in [0.2, 0.25) is 10.0 Å². The fourth-order valence-electron chi connectivity index (χ4n) is 2.15. The Morgan fingerprint density at radius 3 is 2.59 bits per heavy atom. The number of carbonyl (C=O) groups excluding carboxylic acids is 2. The quantitative estimate of drug-likeness (QED) is 0.465. The maximum Gasteiger partial charge on any atom is 0.313 e. The first-order valence-electron chi connectivity index (χ1n) is 8.51. The minimum absolute atomic E-state index is 0.0188. The molecule has 0 aliphatic rings. The van der Waals surface area contributed by atoms with Gasteiger partial charge in [0.15, 0.2) is 0 Å². The average Bonchev–Trinajstić information content (AvgIpc) is 2.67. The molecule has 0 saturated carbocycles. The number of hydrogen-bond donors (Lipinski definition) is 3. The molecule has 3 N–H and O–H groups in total. The van der Waals surface area contributed by atoms with Crippen molar-refractivity contribution in [1.82, 2.24) is 15.0 Å². The molecule has 0 bridgehead atoms. The number of amides is 2. The third kappa shape index (κ3) is 6.46. The van der Waals surface area contributed by atoms with Crippen LogP contribution in [-0.2, 0) is 26.2 Å². The molecule has 0 spiro atoms. The van der Waals surface area contributed by atoms with Crippen molar-refractivity contribution in [1.29, 1.82) is 0 Å². The molecule has 2 amide bonds.